The van der Waals surface area contributed by atoms with Crippen molar-refractivity contribution in [3.05, 3.63) is 28.8 Å². The van der Waals surface area contributed by atoms with Gasteiger partial charge >= 0.3 is 0 Å². The second-order valence-electron chi connectivity index (χ2n) is 2.07. The molecule has 0 aromatic heterocycles. The number of hydrogen-bond donors (Lipinski definition) is 1. The van der Waals surface area contributed by atoms with E-state index in [1.807, 2.05) is 0 Å². The van der Waals surface area contributed by atoms with Gasteiger partial charge in [0.15, 0.2) is 0 Å². The third kappa shape index (κ3) is 1.62. The zero-order valence-electron chi connectivity index (χ0n) is 5.60. The molecule has 3 N–H and O–H groups in total. The summed E-state index contributed by atoms with van der Waals surface area (Å²) in [6.45, 7) is 0. The van der Waals surface area contributed by atoms with Gasteiger partial charge < -0.3 is 5.73 Å². The van der Waals surface area contributed by atoms with Gasteiger partial charge in [0.05, 0.1) is 10.7 Å². The van der Waals surface area contributed by atoms with Crippen molar-refractivity contribution in [1.29, 1.82) is 0 Å². The molecule has 1 amide bonds. The van der Waals surface area contributed by atoms with Gasteiger partial charge in [-0.1, -0.05) is 11.6 Å². The van der Waals surface area contributed by atoms with E-state index in [0.29, 0.717) is 10.7 Å². The zero-order chi connectivity index (χ0) is 8.43. The number of amides is 1. The Morgan fingerprint density at radius 3 is 2.64 bits per heavy atom. The molecule has 0 heterocycles. The molecule has 0 aliphatic heterocycles. The summed E-state index contributed by atoms with van der Waals surface area (Å²) >= 11 is 5.59. The summed E-state index contributed by atoms with van der Waals surface area (Å²) in [5.41, 5.74) is 12.7. The summed E-state index contributed by atoms with van der Waals surface area (Å²) in [5.74, 6) is -0.756. The van der Waals surface area contributed by atoms with E-state index in [1.54, 1.807) is 0 Å². The van der Waals surface area contributed by atoms with Crippen molar-refractivity contribution in [2.75, 3.05) is 5.73 Å². The SMILES string of the molecule is [NH]C(=O)c1ccc(Cl)c(N)c1. The molecule has 4 heteroatoms. The van der Waals surface area contributed by atoms with Gasteiger partial charge in [-0.15, -0.1) is 0 Å². The fourth-order valence-corrected chi connectivity index (χ4v) is 0.803. The summed E-state index contributed by atoms with van der Waals surface area (Å²) < 4.78 is 0. The first-order valence-corrected chi connectivity index (χ1v) is 3.30. The number of hydrogen-bond acceptors (Lipinski definition) is 2. The van der Waals surface area contributed by atoms with Crippen molar-refractivity contribution in [2.24, 2.45) is 0 Å². The molecule has 57 valence electrons. The van der Waals surface area contributed by atoms with Crippen molar-refractivity contribution < 1.29 is 4.79 Å². The summed E-state index contributed by atoms with van der Waals surface area (Å²) in [7, 11) is 0. The third-order valence-electron chi connectivity index (χ3n) is 1.26. The predicted octanol–water partition coefficient (Wildman–Crippen LogP) is 1.35. The molecule has 1 radical (unpaired) electrons. The molecule has 0 saturated heterocycles. The third-order valence-corrected chi connectivity index (χ3v) is 1.60. The summed E-state index contributed by atoms with van der Waals surface area (Å²) in [6, 6.07) is 4.35. The summed E-state index contributed by atoms with van der Waals surface area (Å²) in [4.78, 5) is 10.5. The molecule has 11 heavy (non-hydrogen) atoms. The summed E-state index contributed by atoms with van der Waals surface area (Å²) in [6.07, 6.45) is 0. The van der Waals surface area contributed by atoms with Crippen LogP contribution in [0.2, 0.25) is 5.02 Å². The lowest BCUT2D eigenvalue weighted by Crippen LogP contribution is -1.99. The lowest BCUT2D eigenvalue weighted by molar-refractivity contribution is 0.0992. The summed E-state index contributed by atoms with van der Waals surface area (Å²) in [5, 5.41) is 0.398. The van der Waals surface area contributed by atoms with E-state index in [0.717, 1.165) is 0 Å². The molecule has 0 atom stereocenters. The minimum atomic E-state index is -0.756. The fourth-order valence-electron chi connectivity index (χ4n) is 0.685. The van der Waals surface area contributed by atoms with Crippen molar-refractivity contribution in [1.82, 2.24) is 5.73 Å². The van der Waals surface area contributed by atoms with E-state index in [9.17, 15) is 4.79 Å². The van der Waals surface area contributed by atoms with Crippen LogP contribution in [-0.2, 0) is 0 Å². The van der Waals surface area contributed by atoms with Crippen molar-refractivity contribution >= 4 is 23.2 Å². The molecular formula is C7H6ClN2O. The number of halogens is 1. The highest BCUT2D eigenvalue weighted by Gasteiger charge is 2.02. The van der Waals surface area contributed by atoms with Gasteiger partial charge in [-0.05, 0) is 18.2 Å². The van der Waals surface area contributed by atoms with Crippen LogP contribution in [0.25, 0.3) is 0 Å². The van der Waals surface area contributed by atoms with Gasteiger partial charge in [0.25, 0.3) is 5.91 Å². The Morgan fingerprint density at radius 2 is 2.18 bits per heavy atom. The van der Waals surface area contributed by atoms with Gasteiger partial charge in [0.1, 0.15) is 0 Å². The van der Waals surface area contributed by atoms with Crippen LogP contribution in [0.3, 0.4) is 0 Å². The minimum Gasteiger partial charge on any atom is -0.398 e. The number of carbonyl (C=O) groups excluding carboxylic acids is 1. The fraction of sp³-hybridized carbons (Fsp3) is 0. The molecule has 1 aromatic rings. The Hall–Kier alpha value is -1.22. The Labute approximate surface area is 68.9 Å². The minimum absolute atomic E-state index is 0.256. The number of rotatable bonds is 1. The maximum absolute atomic E-state index is 10.5. The van der Waals surface area contributed by atoms with Crippen LogP contribution in [0.4, 0.5) is 5.69 Å². The standard InChI is InChI=1S/C7H6ClN2O/c8-5-2-1-4(7(10)11)3-6(5)9/h1-3,10H,9H2. The number of nitrogen functional groups attached to an aromatic ring is 1. The Balaban J connectivity index is 3.15. The van der Waals surface area contributed by atoms with Crippen LogP contribution in [0.15, 0.2) is 18.2 Å². The molecule has 0 spiro atoms. The lowest BCUT2D eigenvalue weighted by atomic mass is 10.2. The molecule has 3 nitrogen and oxygen atoms in total. The van der Waals surface area contributed by atoms with Crippen LogP contribution in [0, 0.1) is 0 Å². The normalized spacial score (nSPS) is 9.55. The van der Waals surface area contributed by atoms with Gasteiger partial charge in [-0.25, -0.2) is 0 Å². The molecule has 0 saturated carbocycles. The number of carbonyl (C=O) groups is 1. The molecule has 0 aliphatic carbocycles. The lowest BCUT2D eigenvalue weighted by Gasteiger charge is -1.98. The zero-order valence-corrected chi connectivity index (χ0v) is 6.35. The quantitative estimate of drug-likeness (QED) is 0.645. The average molecular weight is 170 g/mol. The van der Waals surface area contributed by atoms with E-state index in [1.165, 1.54) is 18.2 Å². The predicted molar refractivity (Wildman–Crippen MR) is 43.3 cm³/mol. The number of anilines is 1. The van der Waals surface area contributed by atoms with Gasteiger partial charge in [-0.3, -0.25) is 10.5 Å². The highest BCUT2D eigenvalue weighted by atomic mass is 35.5. The van der Waals surface area contributed by atoms with Crippen LogP contribution in [0.5, 0.6) is 0 Å². The van der Waals surface area contributed by atoms with Crippen LogP contribution in [-0.4, -0.2) is 5.91 Å². The van der Waals surface area contributed by atoms with E-state index >= 15 is 0 Å². The maximum atomic E-state index is 10.5. The van der Waals surface area contributed by atoms with E-state index in [2.05, 4.69) is 0 Å². The Bertz CT molecular complexity index is 298. The van der Waals surface area contributed by atoms with E-state index in [-0.39, 0.29) is 5.56 Å². The molecule has 0 fully saturated rings. The van der Waals surface area contributed by atoms with Gasteiger partial charge in [0.2, 0.25) is 0 Å². The van der Waals surface area contributed by atoms with E-state index in [4.69, 9.17) is 23.1 Å². The topological polar surface area (TPSA) is 66.9 Å². The number of nitrogens with one attached hydrogen (secondary N) is 1. The highest BCUT2D eigenvalue weighted by Crippen LogP contribution is 2.18. The Kier molecular flexibility index (Phi) is 2.01. The van der Waals surface area contributed by atoms with Crippen LogP contribution < -0.4 is 11.5 Å². The first kappa shape index (κ1) is 7.88. The largest absolute Gasteiger partial charge is 0.398 e. The Morgan fingerprint density at radius 1 is 1.55 bits per heavy atom. The van der Waals surface area contributed by atoms with Crippen molar-refractivity contribution in [2.45, 2.75) is 0 Å². The second kappa shape index (κ2) is 2.80. The van der Waals surface area contributed by atoms with Gasteiger partial charge in [0, 0.05) is 5.56 Å². The maximum Gasteiger partial charge on any atom is 0.269 e. The average Bonchev–Trinajstić information content (AvgIpc) is 1.94. The van der Waals surface area contributed by atoms with Crippen molar-refractivity contribution in [3.63, 3.8) is 0 Å². The number of nitrogens with two attached hydrogens (primary N) is 1. The molecule has 0 aliphatic rings. The van der Waals surface area contributed by atoms with Crippen molar-refractivity contribution in [3.8, 4) is 0 Å². The first-order chi connectivity index (χ1) is 5.11. The number of benzene rings is 1. The molecule has 1 rings (SSSR count). The smallest absolute Gasteiger partial charge is 0.269 e. The highest BCUT2D eigenvalue weighted by molar-refractivity contribution is 6.33. The molecular weight excluding hydrogens is 164 g/mol. The second-order valence-corrected chi connectivity index (χ2v) is 2.47. The molecule has 0 unspecified atom stereocenters. The van der Waals surface area contributed by atoms with Crippen LogP contribution >= 0.6 is 11.6 Å². The monoisotopic (exact) mass is 169 g/mol. The molecule has 1 aromatic carbocycles. The molecule has 0 bridgehead atoms. The first-order valence-electron chi connectivity index (χ1n) is 2.92. The van der Waals surface area contributed by atoms with Crippen LogP contribution in [0.1, 0.15) is 10.4 Å². The van der Waals surface area contributed by atoms with Gasteiger partial charge in [-0.2, -0.15) is 0 Å². The van der Waals surface area contributed by atoms with E-state index < -0.39 is 5.91 Å².